The summed E-state index contributed by atoms with van der Waals surface area (Å²) >= 11 is 0. The highest BCUT2D eigenvalue weighted by Crippen LogP contribution is 2.34. The van der Waals surface area contributed by atoms with Gasteiger partial charge in [-0.25, -0.2) is 0 Å². The lowest BCUT2D eigenvalue weighted by atomic mass is 10.2. The highest BCUT2D eigenvalue weighted by atomic mass is 16.3. The Morgan fingerprint density at radius 1 is 1.22 bits per heavy atom. The molecule has 0 aliphatic heterocycles. The van der Waals surface area contributed by atoms with Crippen LogP contribution in [-0.2, 0) is 4.79 Å². The van der Waals surface area contributed by atoms with Crippen molar-refractivity contribution in [3.05, 3.63) is 0 Å². The predicted molar refractivity (Wildman–Crippen MR) is 71.3 cm³/mol. The molecule has 18 heavy (non-hydrogen) atoms. The molecule has 0 aromatic rings. The number of hydrogen-bond donors (Lipinski definition) is 1. The van der Waals surface area contributed by atoms with Crippen LogP contribution >= 0.6 is 0 Å². The molecule has 0 aromatic heterocycles. The topological polar surface area (TPSA) is 43.8 Å². The van der Waals surface area contributed by atoms with Crippen LogP contribution in [0.3, 0.4) is 0 Å². The quantitative estimate of drug-likeness (QED) is 0.775. The number of rotatable bonds is 6. The fourth-order valence-electron chi connectivity index (χ4n) is 2.83. The zero-order valence-corrected chi connectivity index (χ0v) is 11.6. The Kier molecular flexibility index (Phi) is 4.62. The Hall–Kier alpha value is -0.610. The highest BCUT2D eigenvalue weighted by molar-refractivity contribution is 5.79. The lowest BCUT2D eigenvalue weighted by Crippen LogP contribution is -2.47. The molecule has 0 heterocycles. The fourth-order valence-corrected chi connectivity index (χ4v) is 2.83. The van der Waals surface area contributed by atoms with Crippen LogP contribution in [0.25, 0.3) is 0 Å². The predicted octanol–water partition coefficient (Wildman–Crippen LogP) is 1.23. The van der Waals surface area contributed by atoms with Crippen molar-refractivity contribution in [2.75, 3.05) is 20.2 Å². The molecular weight excluding hydrogens is 228 g/mol. The molecule has 1 N–H and O–H groups in total. The second-order valence-corrected chi connectivity index (χ2v) is 5.92. The molecule has 1 amide bonds. The van der Waals surface area contributed by atoms with Crippen LogP contribution in [-0.4, -0.2) is 59.1 Å². The van der Waals surface area contributed by atoms with Gasteiger partial charge in [0.1, 0.15) is 0 Å². The number of carbonyl (C=O) groups is 1. The molecule has 1 atom stereocenters. The summed E-state index contributed by atoms with van der Waals surface area (Å²) in [5.41, 5.74) is 0. The molecule has 2 saturated carbocycles. The van der Waals surface area contributed by atoms with E-state index in [9.17, 15) is 4.79 Å². The summed E-state index contributed by atoms with van der Waals surface area (Å²) in [6.45, 7) is 2.50. The number of nitrogens with zero attached hydrogens (tertiary/aromatic N) is 2. The van der Waals surface area contributed by atoms with E-state index < -0.39 is 0 Å². The second kappa shape index (κ2) is 6.02. The van der Waals surface area contributed by atoms with Crippen LogP contribution in [0.2, 0.25) is 0 Å². The van der Waals surface area contributed by atoms with Crippen LogP contribution in [0.1, 0.15) is 45.4 Å². The Balaban J connectivity index is 1.91. The molecular formula is C14H26N2O2. The van der Waals surface area contributed by atoms with Crippen molar-refractivity contribution in [1.82, 2.24) is 9.80 Å². The van der Waals surface area contributed by atoms with Gasteiger partial charge >= 0.3 is 0 Å². The van der Waals surface area contributed by atoms with Crippen molar-refractivity contribution in [2.45, 2.75) is 63.6 Å². The van der Waals surface area contributed by atoms with Crippen molar-refractivity contribution < 1.29 is 9.90 Å². The van der Waals surface area contributed by atoms with E-state index in [0.29, 0.717) is 18.6 Å². The van der Waals surface area contributed by atoms with Gasteiger partial charge in [0.2, 0.25) is 5.91 Å². The molecule has 0 spiro atoms. The van der Waals surface area contributed by atoms with Crippen LogP contribution in [0.15, 0.2) is 0 Å². The number of aliphatic hydroxyl groups excluding tert-OH is 1. The first-order chi connectivity index (χ1) is 8.63. The number of likely N-dealkylation sites (N-methyl/N-ethyl adjacent to an activating group) is 1. The third-order valence-corrected chi connectivity index (χ3v) is 4.35. The number of hydrogen-bond acceptors (Lipinski definition) is 3. The molecule has 104 valence electrons. The molecule has 2 aliphatic rings. The van der Waals surface area contributed by atoms with Crippen LogP contribution in [0.4, 0.5) is 0 Å². The first kappa shape index (κ1) is 13.8. The number of carbonyl (C=O) groups excluding carboxylic acids is 1. The van der Waals surface area contributed by atoms with Gasteiger partial charge < -0.3 is 10.0 Å². The van der Waals surface area contributed by atoms with E-state index in [1.54, 1.807) is 0 Å². The van der Waals surface area contributed by atoms with Crippen molar-refractivity contribution in [2.24, 2.45) is 0 Å². The molecule has 1 unspecified atom stereocenters. The van der Waals surface area contributed by atoms with E-state index in [0.717, 1.165) is 0 Å². The van der Waals surface area contributed by atoms with Crippen LogP contribution in [0, 0.1) is 0 Å². The minimum Gasteiger partial charge on any atom is -0.395 e. The summed E-state index contributed by atoms with van der Waals surface area (Å²) in [7, 11) is 1.92. The van der Waals surface area contributed by atoms with Crippen LogP contribution in [0.5, 0.6) is 0 Å². The van der Waals surface area contributed by atoms with Crippen LogP contribution < -0.4 is 0 Å². The monoisotopic (exact) mass is 254 g/mol. The molecule has 2 aliphatic carbocycles. The fraction of sp³-hybridized carbons (Fsp3) is 0.929. The summed E-state index contributed by atoms with van der Waals surface area (Å²) in [4.78, 5) is 16.6. The minimum atomic E-state index is 0.0542. The molecule has 2 rings (SSSR count). The van der Waals surface area contributed by atoms with Gasteiger partial charge in [-0.3, -0.25) is 9.69 Å². The molecule has 0 saturated heterocycles. The first-order valence-corrected chi connectivity index (χ1v) is 7.25. The highest BCUT2D eigenvalue weighted by Gasteiger charge is 2.38. The molecule has 0 aromatic carbocycles. The smallest absolute Gasteiger partial charge is 0.237 e. The maximum atomic E-state index is 12.4. The third kappa shape index (κ3) is 3.23. The van der Waals surface area contributed by atoms with Gasteiger partial charge in [0, 0.05) is 18.1 Å². The van der Waals surface area contributed by atoms with E-state index in [4.69, 9.17) is 5.11 Å². The van der Waals surface area contributed by atoms with Gasteiger partial charge in [-0.2, -0.15) is 0 Å². The second-order valence-electron chi connectivity index (χ2n) is 5.92. The van der Waals surface area contributed by atoms with Crippen molar-refractivity contribution in [1.29, 1.82) is 0 Å². The lowest BCUT2D eigenvalue weighted by molar-refractivity contribution is -0.135. The van der Waals surface area contributed by atoms with Gasteiger partial charge in [0.05, 0.1) is 13.2 Å². The molecule has 4 nitrogen and oxygen atoms in total. The normalized spacial score (nSPS) is 22.4. The van der Waals surface area contributed by atoms with Crippen molar-refractivity contribution >= 4 is 5.91 Å². The summed E-state index contributed by atoms with van der Waals surface area (Å²) < 4.78 is 0. The van der Waals surface area contributed by atoms with Gasteiger partial charge in [-0.1, -0.05) is 12.8 Å². The summed E-state index contributed by atoms with van der Waals surface area (Å²) in [5, 5.41) is 9.12. The number of amides is 1. The van der Waals surface area contributed by atoms with Gasteiger partial charge in [0.15, 0.2) is 0 Å². The average Bonchev–Trinajstić information content (AvgIpc) is 3.03. The van der Waals surface area contributed by atoms with E-state index in [-0.39, 0.29) is 18.6 Å². The maximum absolute atomic E-state index is 12.4. The minimum absolute atomic E-state index is 0.0542. The Bertz CT molecular complexity index is 286. The Labute approximate surface area is 110 Å². The standard InChI is InChI=1S/C14H26N2O2/c1-11(10-17)15(2)9-14(18)16(13-7-8-13)12-5-3-4-6-12/h11-13,17H,3-10H2,1-2H3. The SMILES string of the molecule is CC(CO)N(C)CC(=O)N(C1CCCC1)C1CC1. The molecule has 2 fully saturated rings. The molecule has 4 heteroatoms. The van der Waals surface area contributed by atoms with E-state index in [1.165, 1.54) is 38.5 Å². The van der Waals surface area contributed by atoms with E-state index in [2.05, 4.69) is 4.90 Å². The lowest BCUT2D eigenvalue weighted by Gasteiger charge is -2.32. The largest absolute Gasteiger partial charge is 0.395 e. The summed E-state index contributed by atoms with van der Waals surface area (Å²) in [5.74, 6) is 0.257. The van der Waals surface area contributed by atoms with Gasteiger partial charge in [-0.05, 0) is 39.7 Å². The van der Waals surface area contributed by atoms with Crippen molar-refractivity contribution in [3.63, 3.8) is 0 Å². The summed E-state index contributed by atoms with van der Waals surface area (Å²) in [6.07, 6.45) is 7.26. The van der Waals surface area contributed by atoms with E-state index in [1.807, 2.05) is 18.9 Å². The average molecular weight is 254 g/mol. The van der Waals surface area contributed by atoms with Crippen molar-refractivity contribution in [3.8, 4) is 0 Å². The Morgan fingerprint density at radius 3 is 2.28 bits per heavy atom. The van der Waals surface area contributed by atoms with Gasteiger partial charge in [0.25, 0.3) is 0 Å². The molecule has 0 bridgehead atoms. The summed E-state index contributed by atoms with van der Waals surface area (Å²) in [6, 6.07) is 1.06. The molecule has 0 radical (unpaired) electrons. The zero-order valence-electron chi connectivity index (χ0n) is 11.6. The zero-order chi connectivity index (χ0) is 13.1. The number of aliphatic hydroxyl groups is 1. The first-order valence-electron chi connectivity index (χ1n) is 7.25. The third-order valence-electron chi connectivity index (χ3n) is 4.35. The van der Waals surface area contributed by atoms with E-state index >= 15 is 0 Å². The van der Waals surface area contributed by atoms with Gasteiger partial charge in [-0.15, -0.1) is 0 Å². The maximum Gasteiger partial charge on any atom is 0.237 e. The Morgan fingerprint density at radius 2 is 1.78 bits per heavy atom.